The normalized spacial score (nSPS) is 11.5. The lowest BCUT2D eigenvalue weighted by Gasteiger charge is -2.04. The van der Waals surface area contributed by atoms with Gasteiger partial charge in [0.25, 0.3) is 0 Å². The van der Waals surface area contributed by atoms with Gasteiger partial charge in [-0.15, -0.1) is 0 Å². The minimum absolute atomic E-state index is 0.479. The summed E-state index contributed by atoms with van der Waals surface area (Å²) in [5.74, 6) is 0. The van der Waals surface area contributed by atoms with Crippen molar-refractivity contribution >= 4 is 23.5 Å². The summed E-state index contributed by atoms with van der Waals surface area (Å²) in [6.45, 7) is 4.31. The molecule has 2 rings (SSSR count). The monoisotopic (exact) mass is 246 g/mol. The number of hydrogen-bond donors (Lipinski definition) is 0. The van der Waals surface area contributed by atoms with Crippen LogP contribution < -0.4 is 0 Å². The van der Waals surface area contributed by atoms with Gasteiger partial charge in [0.15, 0.2) is 0 Å². The van der Waals surface area contributed by atoms with E-state index in [0.29, 0.717) is 6.04 Å². The summed E-state index contributed by atoms with van der Waals surface area (Å²) in [7, 11) is 0. The summed E-state index contributed by atoms with van der Waals surface area (Å²) >= 11 is 5.81. The van der Waals surface area contributed by atoms with E-state index in [0.717, 1.165) is 16.3 Å². The number of aliphatic imine (C=N–C) groups is 1. The van der Waals surface area contributed by atoms with Gasteiger partial charge >= 0.3 is 0 Å². The number of nitrogens with zero attached hydrogens (tertiary/aromatic N) is 2. The van der Waals surface area contributed by atoms with Crippen LogP contribution in [-0.2, 0) is 0 Å². The molecule has 0 radical (unpaired) electrons. The smallest absolute Gasteiger partial charge is 0.0630 e. The zero-order chi connectivity index (χ0) is 12.3. The molecular weight excluding hydrogens is 232 g/mol. The first-order chi connectivity index (χ1) is 8.15. The Kier molecular flexibility index (Phi) is 3.64. The molecule has 0 aliphatic heterocycles. The van der Waals surface area contributed by atoms with Crippen molar-refractivity contribution in [1.82, 2.24) is 4.57 Å². The maximum atomic E-state index is 5.81. The van der Waals surface area contributed by atoms with E-state index in [1.54, 1.807) is 0 Å². The molecule has 0 aliphatic carbocycles. The second-order valence-electron chi connectivity index (χ2n) is 4.22. The van der Waals surface area contributed by atoms with Crippen molar-refractivity contribution in [2.45, 2.75) is 19.9 Å². The molecule has 0 N–H and O–H groups in total. The molecule has 0 atom stereocenters. The van der Waals surface area contributed by atoms with E-state index in [9.17, 15) is 0 Å². The average Bonchev–Trinajstić information content (AvgIpc) is 2.77. The molecule has 17 heavy (non-hydrogen) atoms. The lowest BCUT2D eigenvalue weighted by Crippen LogP contribution is -1.95. The molecule has 2 aromatic rings. The van der Waals surface area contributed by atoms with Crippen LogP contribution in [0.2, 0.25) is 5.02 Å². The SMILES string of the molecule is CC(C)n1ccc(C=Nc2ccc(Cl)cc2)c1. The molecule has 0 spiro atoms. The number of rotatable bonds is 3. The van der Waals surface area contributed by atoms with Gasteiger partial charge in [0.1, 0.15) is 0 Å². The van der Waals surface area contributed by atoms with Crippen molar-refractivity contribution < 1.29 is 0 Å². The fourth-order valence-corrected chi connectivity index (χ4v) is 1.63. The summed E-state index contributed by atoms with van der Waals surface area (Å²) < 4.78 is 2.16. The molecule has 3 heteroatoms. The van der Waals surface area contributed by atoms with Gasteiger partial charge in [0.05, 0.1) is 5.69 Å². The average molecular weight is 247 g/mol. The minimum Gasteiger partial charge on any atom is -0.351 e. The molecule has 0 saturated heterocycles. The highest BCUT2D eigenvalue weighted by Gasteiger charge is 1.97. The van der Waals surface area contributed by atoms with E-state index in [4.69, 9.17) is 11.6 Å². The fourth-order valence-electron chi connectivity index (χ4n) is 1.50. The summed E-state index contributed by atoms with van der Waals surface area (Å²) in [6.07, 6.45) is 6.01. The number of benzene rings is 1. The Morgan fingerprint density at radius 2 is 1.88 bits per heavy atom. The molecule has 0 bridgehead atoms. The Bertz CT molecular complexity index is 509. The standard InChI is InChI=1S/C14H15ClN2/c1-11(2)17-8-7-12(10-17)9-16-14-5-3-13(15)4-6-14/h3-11H,1-2H3. The van der Waals surface area contributed by atoms with Gasteiger partial charge in [-0.1, -0.05) is 11.6 Å². The summed E-state index contributed by atoms with van der Waals surface area (Å²) in [5.41, 5.74) is 2.01. The highest BCUT2D eigenvalue weighted by Crippen LogP contribution is 2.16. The van der Waals surface area contributed by atoms with E-state index in [-0.39, 0.29) is 0 Å². The van der Waals surface area contributed by atoms with Gasteiger partial charge in [0, 0.05) is 35.2 Å². The molecule has 0 fully saturated rings. The predicted molar refractivity (Wildman–Crippen MR) is 73.5 cm³/mol. The molecule has 0 saturated carbocycles. The van der Waals surface area contributed by atoms with Crippen LogP contribution in [-0.4, -0.2) is 10.8 Å². The number of aromatic nitrogens is 1. The topological polar surface area (TPSA) is 17.3 Å². The molecule has 1 aromatic carbocycles. The third-order valence-corrected chi connectivity index (χ3v) is 2.77. The van der Waals surface area contributed by atoms with Crippen molar-refractivity contribution in [2.75, 3.05) is 0 Å². The van der Waals surface area contributed by atoms with Gasteiger partial charge in [0.2, 0.25) is 0 Å². The van der Waals surface area contributed by atoms with Crippen LogP contribution in [0.25, 0.3) is 0 Å². The number of halogens is 1. The predicted octanol–water partition coefficient (Wildman–Crippen LogP) is 4.47. The highest BCUT2D eigenvalue weighted by molar-refractivity contribution is 6.30. The lowest BCUT2D eigenvalue weighted by atomic mass is 10.3. The zero-order valence-corrected chi connectivity index (χ0v) is 10.7. The molecular formula is C14H15ClN2. The largest absolute Gasteiger partial charge is 0.351 e. The summed E-state index contributed by atoms with van der Waals surface area (Å²) in [5, 5.41) is 0.731. The number of hydrogen-bond acceptors (Lipinski definition) is 1. The maximum absolute atomic E-state index is 5.81. The van der Waals surface area contributed by atoms with Crippen molar-refractivity contribution in [1.29, 1.82) is 0 Å². The first-order valence-electron chi connectivity index (χ1n) is 5.62. The van der Waals surface area contributed by atoms with Crippen molar-refractivity contribution in [3.8, 4) is 0 Å². The first kappa shape index (κ1) is 11.9. The van der Waals surface area contributed by atoms with E-state index < -0.39 is 0 Å². The maximum Gasteiger partial charge on any atom is 0.0630 e. The third-order valence-electron chi connectivity index (χ3n) is 2.52. The quantitative estimate of drug-likeness (QED) is 0.711. The van der Waals surface area contributed by atoms with Crippen LogP contribution in [0.15, 0.2) is 47.7 Å². The third kappa shape index (κ3) is 3.21. The van der Waals surface area contributed by atoms with E-state index >= 15 is 0 Å². The van der Waals surface area contributed by atoms with Crippen molar-refractivity contribution in [3.05, 3.63) is 53.3 Å². The van der Waals surface area contributed by atoms with Gasteiger partial charge in [-0.3, -0.25) is 4.99 Å². The second kappa shape index (κ2) is 5.19. The summed E-state index contributed by atoms with van der Waals surface area (Å²) in [6, 6.07) is 10.0. The van der Waals surface area contributed by atoms with E-state index in [2.05, 4.69) is 41.9 Å². The Balaban J connectivity index is 2.11. The van der Waals surface area contributed by atoms with E-state index in [1.165, 1.54) is 0 Å². The Morgan fingerprint density at radius 1 is 1.18 bits per heavy atom. The second-order valence-corrected chi connectivity index (χ2v) is 4.66. The Labute approximate surface area is 107 Å². The molecule has 0 amide bonds. The van der Waals surface area contributed by atoms with Crippen LogP contribution in [0.3, 0.4) is 0 Å². The summed E-state index contributed by atoms with van der Waals surface area (Å²) in [4.78, 5) is 4.39. The first-order valence-corrected chi connectivity index (χ1v) is 6.00. The Hall–Kier alpha value is -1.54. The van der Waals surface area contributed by atoms with Gasteiger partial charge in [-0.2, -0.15) is 0 Å². The molecule has 0 unspecified atom stereocenters. The van der Waals surface area contributed by atoms with Crippen LogP contribution in [0.5, 0.6) is 0 Å². The van der Waals surface area contributed by atoms with Crippen LogP contribution >= 0.6 is 11.6 Å². The zero-order valence-electron chi connectivity index (χ0n) is 9.97. The molecule has 0 aliphatic rings. The van der Waals surface area contributed by atoms with Gasteiger partial charge in [-0.05, 0) is 44.2 Å². The van der Waals surface area contributed by atoms with Gasteiger partial charge < -0.3 is 4.57 Å². The molecule has 1 aromatic heterocycles. The molecule has 88 valence electrons. The minimum atomic E-state index is 0.479. The van der Waals surface area contributed by atoms with Crippen LogP contribution in [0, 0.1) is 0 Å². The highest BCUT2D eigenvalue weighted by atomic mass is 35.5. The lowest BCUT2D eigenvalue weighted by molar-refractivity contribution is 0.603. The molecule has 1 heterocycles. The van der Waals surface area contributed by atoms with Crippen LogP contribution in [0.1, 0.15) is 25.5 Å². The Morgan fingerprint density at radius 3 is 2.47 bits per heavy atom. The molecule has 2 nitrogen and oxygen atoms in total. The fraction of sp³-hybridized carbons (Fsp3) is 0.214. The van der Waals surface area contributed by atoms with Gasteiger partial charge in [-0.25, -0.2) is 0 Å². The van der Waals surface area contributed by atoms with Crippen molar-refractivity contribution in [2.24, 2.45) is 4.99 Å². The van der Waals surface area contributed by atoms with E-state index in [1.807, 2.05) is 30.5 Å². The van der Waals surface area contributed by atoms with Crippen LogP contribution in [0.4, 0.5) is 5.69 Å². The van der Waals surface area contributed by atoms with Crippen molar-refractivity contribution in [3.63, 3.8) is 0 Å².